The van der Waals surface area contributed by atoms with Crippen LogP contribution in [0.5, 0.6) is 5.75 Å². The topological polar surface area (TPSA) is 268 Å². The molecule has 2 fully saturated rings. The number of unbranched alkanes of at least 4 members (excludes halogenated alkanes) is 1. The number of amides is 7. The molecular weight excluding hydrogens is 876 g/mol. The van der Waals surface area contributed by atoms with Gasteiger partial charge in [-0.1, -0.05) is 72.6 Å². The lowest BCUT2D eigenvalue weighted by atomic mass is 9.91. The molecule has 0 aliphatic carbocycles. The lowest BCUT2D eigenvalue weighted by molar-refractivity contribution is -0.168. The molecule has 66 heavy (non-hydrogen) atoms. The number of fused-ring (bicyclic) bond motifs is 2. The summed E-state index contributed by atoms with van der Waals surface area (Å²) in [4.78, 5) is 116. The van der Waals surface area contributed by atoms with Gasteiger partial charge in [-0.15, -0.1) is 0 Å². The van der Waals surface area contributed by atoms with E-state index in [9.17, 15) is 43.5 Å². The molecule has 2 aliphatic heterocycles. The maximum atomic E-state index is 14.9. The van der Waals surface area contributed by atoms with E-state index in [1.807, 2.05) is 13.8 Å². The number of ether oxygens (including phenoxy) is 2. The Kier molecular flexibility index (Phi) is 21.6. The second kappa shape index (κ2) is 25.8. The highest BCUT2D eigenvalue weighted by Gasteiger charge is 2.47. The average Bonchev–Trinajstić information content (AvgIpc) is 3.26. The van der Waals surface area contributed by atoms with E-state index in [1.165, 1.54) is 26.0 Å². The number of carbonyl (C=O) groups excluding carboxylic acids is 8. The summed E-state index contributed by atoms with van der Waals surface area (Å²) in [5.41, 5.74) is 6.29. The molecule has 0 aromatic heterocycles. The molecule has 3 rings (SSSR count). The van der Waals surface area contributed by atoms with Crippen LogP contribution in [0, 0.1) is 17.8 Å². The predicted octanol–water partition coefficient (Wildman–Crippen LogP) is 1.68. The molecule has 2 bridgehead atoms. The maximum absolute atomic E-state index is 14.9. The van der Waals surface area contributed by atoms with Gasteiger partial charge in [0.2, 0.25) is 41.4 Å². The molecule has 1 aromatic rings. The third-order valence-corrected chi connectivity index (χ3v) is 12.6. The van der Waals surface area contributed by atoms with Crippen molar-refractivity contribution in [2.45, 2.75) is 168 Å². The molecular formula is C46H73ClN8O11. The van der Waals surface area contributed by atoms with Gasteiger partial charge >= 0.3 is 5.97 Å². The van der Waals surface area contributed by atoms with Crippen LogP contribution in [0.3, 0.4) is 0 Å². The number of likely N-dealkylation sites (N-methyl/N-ethyl adjacent to an activating group) is 1. The van der Waals surface area contributed by atoms with Crippen LogP contribution in [0.1, 0.15) is 112 Å². The quantitative estimate of drug-likeness (QED) is 0.0923. The van der Waals surface area contributed by atoms with Gasteiger partial charge in [-0.25, -0.2) is 4.79 Å². The van der Waals surface area contributed by atoms with Crippen LogP contribution in [0.15, 0.2) is 18.2 Å². The molecule has 370 valence electrons. The minimum atomic E-state index is -1.64. The predicted molar refractivity (Wildman–Crippen MR) is 246 cm³/mol. The largest absolute Gasteiger partial charge is 0.495 e. The first-order valence-electron chi connectivity index (χ1n) is 23.1. The molecule has 2 aliphatic rings. The van der Waals surface area contributed by atoms with Crippen molar-refractivity contribution in [3.05, 3.63) is 28.8 Å². The first-order chi connectivity index (χ1) is 31.1. The number of esters is 1. The summed E-state index contributed by atoms with van der Waals surface area (Å²) in [6, 6.07) is -4.43. The van der Waals surface area contributed by atoms with Crippen molar-refractivity contribution in [1.82, 2.24) is 36.4 Å². The van der Waals surface area contributed by atoms with Crippen molar-refractivity contribution in [3.63, 3.8) is 0 Å². The third-order valence-electron chi connectivity index (χ3n) is 12.3. The first kappa shape index (κ1) is 55.3. The number of methoxy groups -OCH3 is 1. The number of rotatable bonds is 16. The second-order valence-corrected chi connectivity index (χ2v) is 18.5. The molecule has 2 heterocycles. The number of nitrogens with two attached hydrogens (primary N) is 1. The number of halogens is 1. The van der Waals surface area contributed by atoms with E-state index in [4.69, 9.17) is 26.8 Å². The van der Waals surface area contributed by atoms with Crippen molar-refractivity contribution in [3.8, 4) is 5.75 Å². The number of nitrogens with one attached hydrogen (secondary N) is 5. The van der Waals surface area contributed by atoms with E-state index in [-0.39, 0.29) is 49.6 Å². The number of nitrogens with zero attached hydrogens (tertiary/aromatic N) is 2. The molecule has 19 nitrogen and oxygen atoms in total. The number of benzene rings is 1. The Labute approximate surface area is 393 Å². The zero-order chi connectivity index (χ0) is 49.6. The Morgan fingerprint density at radius 2 is 1.65 bits per heavy atom. The van der Waals surface area contributed by atoms with Crippen molar-refractivity contribution in [2.75, 3.05) is 20.7 Å². The van der Waals surface area contributed by atoms with Gasteiger partial charge in [-0.3, -0.25) is 33.6 Å². The third kappa shape index (κ3) is 14.5. The molecule has 10 atom stereocenters. The van der Waals surface area contributed by atoms with E-state index < -0.39 is 114 Å². The highest BCUT2D eigenvalue weighted by atomic mass is 35.5. The van der Waals surface area contributed by atoms with E-state index in [0.717, 1.165) is 4.90 Å². The Morgan fingerprint density at radius 1 is 0.970 bits per heavy atom. The summed E-state index contributed by atoms with van der Waals surface area (Å²) >= 11 is 6.49. The summed E-state index contributed by atoms with van der Waals surface area (Å²) in [5.74, 6) is -7.26. The fourth-order valence-corrected chi connectivity index (χ4v) is 8.34. The molecule has 20 heteroatoms. The van der Waals surface area contributed by atoms with Crippen molar-refractivity contribution < 1.29 is 52.9 Å². The zero-order valence-corrected chi connectivity index (χ0v) is 40.9. The zero-order valence-electron chi connectivity index (χ0n) is 40.1. The van der Waals surface area contributed by atoms with Gasteiger partial charge in [0.05, 0.1) is 12.1 Å². The highest BCUT2D eigenvalue weighted by Crippen LogP contribution is 2.29. The molecule has 0 radical (unpaired) electrons. The van der Waals surface area contributed by atoms with Gasteiger partial charge in [-0.05, 0) is 87.4 Å². The maximum Gasteiger partial charge on any atom is 0.329 e. The summed E-state index contributed by atoms with van der Waals surface area (Å²) in [6.45, 7) is 13.7. The monoisotopic (exact) mass is 949 g/mol. The molecule has 1 aromatic carbocycles. The Hall–Kier alpha value is -5.01. The van der Waals surface area contributed by atoms with Gasteiger partial charge in [0.25, 0.3) is 0 Å². The SMILES string of the molecule is CCCC(=O)N[C@H](C(=O)N[C@@H]1C(=O)N[C@@H](CCCCN)C(=O)N[C@H]2CC[C@@H](O)N(C2=O)C([C@H](C)CC)C(=O)N(C)[C@@H](Cc2ccc(OC)c(Cl)c2)C(=O)N[C@@H](C(C)C)C(=O)O[C@H]1C)C(C)C. The summed E-state index contributed by atoms with van der Waals surface area (Å²) < 4.78 is 11.2. The van der Waals surface area contributed by atoms with E-state index in [2.05, 4.69) is 26.6 Å². The highest BCUT2D eigenvalue weighted by molar-refractivity contribution is 6.32. The van der Waals surface area contributed by atoms with Crippen molar-refractivity contribution in [1.29, 1.82) is 0 Å². The standard InChI is InChI=1S/C46H73ClN8O11/c1-11-15-34(56)51-36(24(3)4)42(60)53-38-27(8)66-46(64)37(25(5)6)52-41(59)32(23-28-17-19-33(65-10)29(47)22-28)54(9)45(63)39(26(7)12-2)55-35(57)20-18-31(44(55)62)50-40(58)30(49-43(38)61)16-13-14-21-48/h17,19,22,24-27,30-32,35-39,57H,11-16,18,20-21,23,48H2,1-10H3,(H,49,61)(H,50,58)(H,51,56)(H,52,59)(H,53,60)/t26-,27+,30+,31+,32+,35-,36+,37+,38+,39?/m1/s1. The number of aliphatic hydroxyl groups excluding tert-OH is 1. The normalized spacial score (nSPS) is 26.0. The summed E-state index contributed by atoms with van der Waals surface area (Å²) in [7, 11) is 2.84. The van der Waals surface area contributed by atoms with Gasteiger partial charge in [0.15, 0.2) is 0 Å². The Morgan fingerprint density at radius 3 is 2.23 bits per heavy atom. The lowest BCUT2D eigenvalue weighted by Gasteiger charge is -2.44. The molecule has 7 amide bonds. The van der Waals surface area contributed by atoms with Crippen LogP contribution in [0.2, 0.25) is 5.02 Å². The molecule has 0 saturated carbocycles. The van der Waals surface area contributed by atoms with Crippen LogP contribution < -0.4 is 37.1 Å². The van der Waals surface area contributed by atoms with Crippen molar-refractivity contribution in [2.24, 2.45) is 23.5 Å². The number of carbonyl (C=O) groups is 8. The number of aliphatic hydroxyl groups is 1. The molecule has 0 spiro atoms. The molecule has 2 saturated heterocycles. The minimum Gasteiger partial charge on any atom is -0.495 e. The van der Waals surface area contributed by atoms with Crippen LogP contribution in [0.4, 0.5) is 0 Å². The minimum absolute atomic E-state index is 0.00514. The van der Waals surface area contributed by atoms with Gasteiger partial charge in [0.1, 0.15) is 60.4 Å². The second-order valence-electron chi connectivity index (χ2n) is 18.1. The lowest BCUT2D eigenvalue weighted by Crippen LogP contribution is -2.66. The van der Waals surface area contributed by atoms with Crippen LogP contribution in [0.25, 0.3) is 0 Å². The number of hydrogen-bond donors (Lipinski definition) is 7. The van der Waals surface area contributed by atoms with E-state index in [0.29, 0.717) is 37.0 Å². The fourth-order valence-electron chi connectivity index (χ4n) is 8.06. The van der Waals surface area contributed by atoms with Crippen LogP contribution in [-0.4, -0.2) is 138 Å². The van der Waals surface area contributed by atoms with E-state index >= 15 is 0 Å². The number of hydrogen-bond acceptors (Lipinski definition) is 12. The number of piperidine rings is 1. The Balaban J connectivity index is 2.26. The number of cyclic esters (lactones) is 1. The first-order valence-corrected chi connectivity index (χ1v) is 23.5. The summed E-state index contributed by atoms with van der Waals surface area (Å²) in [6.07, 6.45) is -1.07. The molecule has 8 N–H and O–H groups in total. The molecule has 1 unspecified atom stereocenters. The van der Waals surface area contributed by atoms with E-state index in [1.54, 1.807) is 52.8 Å². The van der Waals surface area contributed by atoms with Gasteiger partial charge in [0, 0.05) is 19.9 Å². The van der Waals surface area contributed by atoms with Crippen LogP contribution in [-0.2, 0) is 49.5 Å². The van der Waals surface area contributed by atoms with Gasteiger partial charge < -0.3 is 56.7 Å². The van der Waals surface area contributed by atoms with Crippen LogP contribution >= 0.6 is 11.6 Å². The van der Waals surface area contributed by atoms with Crippen molar-refractivity contribution >= 4 is 58.9 Å². The van der Waals surface area contributed by atoms with Gasteiger partial charge in [-0.2, -0.15) is 0 Å². The Bertz CT molecular complexity index is 1880. The smallest absolute Gasteiger partial charge is 0.329 e. The average molecular weight is 950 g/mol. The summed E-state index contributed by atoms with van der Waals surface area (Å²) in [5, 5.41) is 25.2. The fraction of sp³-hybridized carbons (Fsp3) is 0.696.